The first kappa shape index (κ1) is 12.5. The number of rotatable bonds is 3. The van der Waals surface area contributed by atoms with E-state index in [0.717, 1.165) is 13.0 Å². The Hall–Kier alpha value is -2.56. The van der Waals surface area contributed by atoms with Gasteiger partial charge in [-0.05, 0) is 24.1 Å². The summed E-state index contributed by atoms with van der Waals surface area (Å²) in [5.74, 6) is -0.0245. The molecule has 0 radical (unpaired) electrons. The average Bonchev–Trinajstić information content (AvgIpc) is 2.84. The molecule has 20 heavy (non-hydrogen) atoms. The van der Waals surface area contributed by atoms with Crippen molar-refractivity contribution < 1.29 is 10.0 Å². The molecule has 2 aromatic rings. The molecule has 2 aromatic carbocycles. The van der Waals surface area contributed by atoms with E-state index < -0.39 is 4.92 Å². The quantitative estimate of drug-likeness (QED) is 0.688. The fraction of sp³-hybridized carbons (Fsp3) is 0.200. The fourth-order valence-electron chi connectivity index (χ4n) is 2.58. The number of hydrogen-bond acceptors (Lipinski definition) is 4. The van der Waals surface area contributed by atoms with Gasteiger partial charge in [0, 0.05) is 30.4 Å². The first-order chi connectivity index (χ1) is 9.65. The van der Waals surface area contributed by atoms with Crippen molar-refractivity contribution in [3.05, 3.63) is 63.7 Å². The van der Waals surface area contributed by atoms with Crippen molar-refractivity contribution in [2.45, 2.75) is 13.0 Å². The summed E-state index contributed by atoms with van der Waals surface area (Å²) in [5.41, 5.74) is 3.08. The maximum Gasteiger partial charge on any atom is 0.273 e. The molecule has 5 nitrogen and oxygen atoms in total. The number of benzene rings is 2. The van der Waals surface area contributed by atoms with Crippen LogP contribution in [0.1, 0.15) is 11.1 Å². The lowest BCUT2D eigenvalue weighted by Gasteiger charge is -2.19. The number of nitrogens with zero attached hydrogens (tertiary/aromatic N) is 2. The maximum absolute atomic E-state index is 10.7. The highest BCUT2D eigenvalue weighted by Gasteiger charge is 2.20. The van der Waals surface area contributed by atoms with Crippen molar-refractivity contribution >= 4 is 11.4 Å². The third-order valence-electron chi connectivity index (χ3n) is 3.62. The van der Waals surface area contributed by atoms with E-state index in [1.807, 2.05) is 12.1 Å². The highest BCUT2D eigenvalue weighted by Crippen LogP contribution is 2.31. The van der Waals surface area contributed by atoms with Crippen molar-refractivity contribution in [1.29, 1.82) is 0 Å². The zero-order valence-corrected chi connectivity index (χ0v) is 10.8. The number of aromatic hydroxyl groups is 1. The normalized spacial score (nSPS) is 13.3. The van der Waals surface area contributed by atoms with E-state index in [2.05, 4.69) is 17.0 Å². The van der Waals surface area contributed by atoms with E-state index in [4.69, 9.17) is 0 Å². The molecule has 0 saturated carbocycles. The van der Waals surface area contributed by atoms with Gasteiger partial charge < -0.3 is 10.0 Å². The highest BCUT2D eigenvalue weighted by molar-refractivity contribution is 5.58. The maximum atomic E-state index is 10.7. The minimum Gasteiger partial charge on any atom is -0.507 e. The minimum atomic E-state index is -0.505. The molecule has 1 aliphatic heterocycles. The number of anilines is 1. The Morgan fingerprint density at radius 2 is 2.05 bits per heavy atom. The van der Waals surface area contributed by atoms with Gasteiger partial charge in [-0.15, -0.1) is 0 Å². The van der Waals surface area contributed by atoms with Gasteiger partial charge in [0.25, 0.3) is 5.69 Å². The predicted molar refractivity (Wildman–Crippen MR) is 76.0 cm³/mol. The highest BCUT2D eigenvalue weighted by atomic mass is 16.6. The molecule has 0 bridgehead atoms. The molecule has 0 atom stereocenters. The number of non-ortho nitro benzene ring substituents is 1. The van der Waals surface area contributed by atoms with E-state index in [1.165, 1.54) is 23.4 Å². The molecule has 1 N–H and O–H groups in total. The predicted octanol–water partition coefficient (Wildman–Crippen LogP) is 2.86. The molecular formula is C15H14N2O3. The number of nitro groups is 1. The third-order valence-corrected chi connectivity index (χ3v) is 3.62. The summed E-state index contributed by atoms with van der Waals surface area (Å²) in [4.78, 5) is 12.3. The van der Waals surface area contributed by atoms with E-state index in [-0.39, 0.29) is 11.4 Å². The standard InChI is InChI=1S/C15H14N2O3/c18-15-9-13(17(19)20)6-5-12(15)10-16-8-7-11-3-1-2-4-14(11)16/h1-6,9,18H,7-8,10H2. The van der Waals surface area contributed by atoms with Crippen molar-refractivity contribution in [3.63, 3.8) is 0 Å². The first-order valence-corrected chi connectivity index (χ1v) is 6.44. The van der Waals surface area contributed by atoms with Crippen molar-refractivity contribution in [2.75, 3.05) is 11.4 Å². The molecule has 0 unspecified atom stereocenters. The van der Waals surface area contributed by atoms with Crippen LogP contribution in [-0.4, -0.2) is 16.6 Å². The van der Waals surface area contributed by atoms with Crippen LogP contribution in [0.25, 0.3) is 0 Å². The van der Waals surface area contributed by atoms with Crippen molar-refractivity contribution in [3.8, 4) is 5.75 Å². The molecule has 3 rings (SSSR count). The molecule has 0 amide bonds. The second-order valence-corrected chi connectivity index (χ2v) is 4.87. The smallest absolute Gasteiger partial charge is 0.273 e. The van der Waals surface area contributed by atoms with Crippen molar-refractivity contribution in [1.82, 2.24) is 0 Å². The molecule has 5 heteroatoms. The molecule has 0 aromatic heterocycles. The number of phenols is 1. The summed E-state index contributed by atoms with van der Waals surface area (Å²) in [7, 11) is 0. The zero-order chi connectivity index (χ0) is 14.1. The third kappa shape index (κ3) is 2.18. The molecule has 102 valence electrons. The van der Waals surface area contributed by atoms with Gasteiger partial charge in [-0.3, -0.25) is 10.1 Å². The lowest BCUT2D eigenvalue weighted by Crippen LogP contribution is -2.19. The van der Waals surface area contributed by atoms with Gasteiger partial charge in [-0.2, -0.15) is 0 Å². The molecule has 0 aliphatic carbocycles. The average molecular weight is 270 g/mol. The number of para-hydroxylation sites is 1. The van der Waals surface area contributed by atoms with Gasteiger partial charge in [0.2, 0.25) is 0 Å². The van der Waals surface area contributed by atoms with Crippen LogP contribution in [0.4, 0.5) is 11.4 Å². The number of hydrogen-bond donors (Lipinski definition) is 1. The van der Waals surface area contributed by atoms with Gasteiger partial charge >= 0.3 is 0 Å². The molecular weight excluding hydrogens is 256 g/mol. The van der Waals surface area contributed by atoms with Crippen LogP contribution in [0.5, 0.6) is 5.75 Å². The molecule has 0 spiro atoms. The van der Waals surface area contributed by atoms with Crippen LogP contribution in [0.15, 0.2) is 42.5 Å². The van der Waals surface area contributed by atoms with E-state index in [9.17, 15) is 15.2 Å². The monoisotopic (exact) mass is 270 g/mol. The molecule has 0 saturated heterocycles. The summed E-state index contributed by atoms with van der Waals surface area (Å²) in [6, 6.07) is 12.4. The number of nitro benzene ring substituents is 1. The lowest BCUT2D eigenvalue weighted by atomic mass is 10.1. The second kappa shape index (κ2) is 4.85. The van der Waals surface area contributed by atoms with Crippen LogP contribution in [0, 0.1) is 10.1 Å². The summed E-state index contributed by atoms with van der Waals surface area (Å²) in [5, 5.41) is 20.6. The van der Waals surface area contributed by atoms with Crippen molar-refractivity contribution in [2.24, 2.45) is 0 Å². The lowest BCUT2D eigenvalue weighted by molar-refractivity contribution is -0.384. The molecule has 1 heterocycles. The van der Waals surface area contributed by atoms with Gasteiger partial charge in [-0.25, -0.2) is 0 Å². The van der Waals surface area contributed by atoms with Crippen LogP contribution in [0.2, 0.25) is 0 Å². The second-order valence-electron chi connectivity index (χ2n) is 4.87. The van der Waals surface area contributed by atoms with E-state index in [0.29, 0.717) is 12.1 Å². The summed E-state index contributed by atoms with van der Waals surface area (Å²) in [6.07, 6.45) is 0.990. The Balaban J connectivity index is 1.84. The van der Waals surface area contributed by atoms with Gasteiger partial charge in [0.1, 0.15) is 5.75 Å². The van der Waals surface area contributed by atoms with Crippen LogP contribution >= 0.6 is 0 Å². The molecule has 1 aliphatic rings. The summed E-state index contributed by atoms with van der Waals surface area (Å²) >= 11 is 0. The Morgan fingerprint density at radius 3 is 2.80 bits per heavy atom. The Kier molecular flexibility index (Phi) is 3.02. The van der Waals surface area contributed by atoms with Crippen LogP contribution in [0.3, 0.4) is 0 Å². The minimum absolute atomic E-state index is 0.0245. The van der Waals surface area contributed by atoms with Crippen LogP contribution in [-0.2, 0) is 13.0 Å². The van der Waals surface area contributed by atoms with Gasteiger partial charge in [-0.1, -0.05) is 18.2 Å². The Morgan fingerprint density at radius 1 is 1.25 bits per heavy atom. The summed E-state index contributed by atoms with van der Waals surface area (Å²) in [6.45, 7) is 1.45. The van der Waals surface area contributed by atoms with Gasteiger partial charge in [0.05, 0.1) is 11.0 Å². The van der Waals surface area contributed by atoms with E-state index >= 15 is 0 Å². The molecule has 0 fully saturated rings. The SMILES string of the molecule is O=[N+]([O-])c1ccc(CN2CCc3ccccc32)c(O)c1. The number of fused-ring (bicyclic) bond motifs is 1. The Labute approximate surface area is 116 Å². The Bertz CT molecular complexity index is 670. The van der Waals surface area contributed by atoms with Crippen LogP contribution < -0.4 is 4.90 Å². The number of phenolic OH excluding ortho intramolecular Hbond substituents is 1. The fourth-order valence-corrected chi connectivity index (χ4v) is 2.58. The van der Waals surface area contributed by atoms with E-state index in [1.54, 1.807) is 6.07 Å². The topological polar surface area (TPSA) is 66.6 Å². The largest absolute Gasteiger partial charge is 0.507 e. The summed E-state index contributed by atoms with van der Waals surface area (Å²) < 4.78 is 0. The van der Waals surface area contributed by atoms with Gasteiger partial charge in [0.15, 0.2) is 0 Å². The zero-order valence-electron chi connectivity index (χ0n) is 10.8. The first-order valence-electron chi connectivity index (χ1n) is 6.44.